The van der Waals surface area contributed by atoms with E-state index in [-0.39, 0.29) is 18.1 Å². The van der Waals surface area contributed by atoms with Crippen LogP contribution >= 0.6 is 15.9 Å². The molecule has 0 aromatic heterocycles. The first-order chi connectivity index (χ1) is 16.1. The summed E-state index contributed by atoms with van der Waals surface area (Å²) >= 11 is 3.39. The predicted molar refractivity (Wildman–Crippen MR) is 137 cm³/mol. The zero-order valence-electron chi connectivity index (χ0n) is 20.0. The average Bonchev–Trinajstić information content (AvgIpc) is 2.80. The molecule has 2 amide bonds. The number of ether oxygens (including phenoxy) is 1. The van der Waals surface area contributed by atoms with Crippen molar-refractivity contribution in [3.05, 3.63) is 58.6 Å². The molecule has 0 saturated carbocycles. The van der Waals surface area contributed by atoms with Gasteiger partial charge in [0.1, 0.15) is 18.3 Å². The Morgan fingerprint density at radius 2 is 1.74 bits per heavy atom. The van der Waals surface area contributed by atoms with Crippen LogP contribution in [0, 0.1) is 0 Å². The number of rotatable bonds is 12. The summed E-state index contributed by atoms with van der Waals surface area (Å²) in [5.41, 5.74) is 1.08. The summed E-state index contributed by atoms with van der Waals surface area (Å²) in [6.45, 7) is 5.88. The van der Waals surface area contributed by atoms with Crippen LogP contribution in [0.5, 0.6) is 5.75 Å². The summed E-state index contributed by atoms with van der Waals surface area (Å²) in [6.07, 6.45) is 1.80. The first-order valence-corrected chi connectivity index (χ1v) is 13.7. The molecule has 1 atom stereocenters. The molecule has 0 heterocycles. The molecule has 0 bridgehead atoms. The maximum absolute atomic E-state index is 13.5. The van der Waals surface area contributed by atoms with E-state index in [0.29, 0.717) is 18.9 Å². The molecular weight excluding hydrogens is 522 g/mol. The topological polar surface area (TPSA) is 96.0 Å². The quantitative estimate of drug-likeness (QED) is 0.433. The number of benzene rings is 2. The fourth-order valence-electron chi connectivity index (χ4n) is 3.30. The van der Waals surface area contributed by atoms with E-state index >= 15 is 0 Å². The second-order valence-corrected chi connectivity index (χ2v) is 10.6. The SMILES string of the molecule is CCCNC(=O)[C@H](C)N(Cc1ccc(Br)cc1)C(=O)CN(c1ccccc1OCC)S(C)(=O)=O. The lowest BCUT2D eigenvalue weighted by atomic mass is 10.1. The van der Waals surface area contributed by atoms with E-state index in [9.17, 15) is 18.0 Å². The minimum Gasteiger partial charge on any atom is -0.492 e. The number of hydrogen-bond acceptors (Lipinski definition) is 5. The van der Waals surface area contributed by atoms with Crippen molar-refractivity contribution >= 4 is 43.5 Å². The molecule has 186 valence electrons. The van der Waals surface area contributed by atoms with E-state index in [1.54, 1.807) is 38.1 Å². The molecule has 0 aliphatic rings. The van der Waals surface area contributed by atoms with E-state index < -0.39 is 28.5 Å². The van der Waals surface area contributed by atoms with Gasteiger partial charge in [-0.25, -0.2) is 8.42 Å². The van der Waals surface area contributed by atoms with Crippen LogP contribution in [0.3, 0.4) is 0 Å². The van der Waals surface area contributed by atoms with Gasteiger partial charge in [-0.05, 0) is 50.1 Å². The zero-order chi connectivity index (χ0) is 25.3. The van der Waals surface area contributed by atoms with Crippen molar-refractivity contribution in [1.29, 1.82) is 0 Å². The smallest absolute Gasteiger partial charge is 0.244 e. The summed E-state index contributed by atoms with van der Waals surface area (Å²) in [6, 6.07) is 13.3. The van der Waals surface area contributed by atoms with Crippen molar-refractivity contribution in [3.63, 3.8) is 0 Å². The molecule has 0 saturated heterocycles. The Morgan fingerprint density at radius 1 is 1.09 bits per heavy atom. The maximum atomic E-state index is 13.5. The van der Waals surface area contributed by atoms with Crippen LogP contribution in [0.25, 0.3) is 0 Å². The highest BCUT2D eigenvalue weighted by Gasteiger charge is 2.31. The number of carbonyl (C=O) groups is 2. The highest BCUT2D eigenvalue weighted by molar-refractivity contribution is 9.10. The van der Waals surface area contributed by atoms with E-state index in [0.717, 1.165) is 27.0 Å². The molecule has 0 unspecified atom stereocenters. The van der Waals surface area contributed by atoms with Crippen LogP contribution in [0.4, 0.5) is 5.69 Å². The Labute approximate surface area is 210 Å². The molecule has 2 aromatic rings. The van der Waals surface area contributed by atoms with Crippen LogP contribution in [0.1, 0.15) is 32.8 Å². The molecule has 8 nitrogen and oxygen atoms in total. The van der Waals surface area contributed by atoms with Gasteiger partial charge in [-0.1, -0.05) is 47.1 Å². The van der Waals surface area contributed by atoms with Crippen LogP contribution in [0.15, 0.2) is 53.0 Å². The minimum absolute atomic E-state index is 0.150. The number of nitrogens with one attached hydrogen (secondary N) is 1. The van der Waals surface area contributed by atoms with Gasteiger partial charge >= 0.3 is 0 Å². The molecule has 1 N–H and O–H groups in total. The van der Waals surface area contributed by atoms with Crippen LogP contribution in [-0.2, 0) is 26.2 Å². The van der Waals surface area contributed by atoms with Crippen molar-refractivity contribution < 1.29 is 22.7 Å². The fourth-order valence-corrected chi connectivity index (χ4v) is 4.42. The molecule has 0 fully saturated rings. The molecule has 0 spiro atoms. The summed E-state index contributed by atoms with van der Waals surface area (Å²) in [4.78, 5) is 27.6. The lowest BCUT2D eigenvalue weighted by molar-refractivity contribution is -0.139. The maximum Gasteiger partial charge on any atom is 0.244 e. The number of anilines is 1. The molecule has 2 aromatic carbocycles. The summed E-state index contributed by atoms with van der Waals surface area (Å²) < 4.78 is 32.9. The summed E-state index contributed by atoms with van der Waals surface area (Å²) in [5.74, 6) is -0.442. The molecule has 2 rings (SSSR count). The van der Waals surface area contributed by atoms with Crippen molar-refractivity contribution in [3.8, 4) is 5.75 Å². The first-order valence-electron chi connectivity index (χ1n) is 11.1. The number of amides is 2. The van der Waals surface area contributed by atoms with Crippen molar-refractivity contribution in [1.82, 2.24) is 10.2 Å². The third kappa shape index (κ3) is 7.73. The highest BCUT2D eigenvalue weighted by Crippen LogP contribution is 2.30. The number of hydrogen-bond donors (Lipinski definition) is 1. The van der Waals surface area contributed by atoms with E-state index in [4.69, 9.17) is 4.74 Å². The van der Waals surface area contributed by atoms with Crippen LogP contribution in [-0.4, -0.2) is 57.1 Å². The van der Waals surface area contributed by atoms with Gasteiger partial charge in [0.15, 0.2) is 0 Å². The zero-order valence-corrected chi connectivity index (χ0v) is 22.4. The number of sulfonamides is 1. The summed E-state index contributed by atoms with van der Waals surface area (Å²) in [7, 11) is -3.83. The van der Waals surface area contributed by atoms with Gasteiger partial charge < -0.3 is 15.0 Å². The first kappa shape index (κ1) is 27.7. The Kier molecular flexibility index (Phi) is 10.4. The molecule has 0 aliphatic carbocycles. The predicted octanol–water partition coefficient (Wildman–Crippen LogP) is 3.56. The summed E-state index contributed by atoms with van der Waals surface area (Å²) in [5, 5.41) is 2.81. The monoisotopic (exact) mass is 553 g/mol. The highest BCUT2D eigenvalue weighted by atomic mass is 79.9. The third-order valence-corrected chi connectivity index (χ3v) is 6.75. The number of nitrogens with zero attached hydrogens (tertiary/aromatic N) is 2. The van der Waals surface area contributed by atoms with Gasteiger partial charge in [-0.2, -0.15) is 0 Å². The molecular formula is C24H32BrN3O5S. The average molecular weight is 555 g/mol. The third-order valence-electron chi connectivity index (χ3n) is 5.10. The molecule has 34 heavy (non-hydrogen) atoms. The second-order valence-electron chi connectivity index (χ2n) is 7.79. The number of carbonyl (C=O) groups excluding carboxylic acids is 2. The Hall–Kier alpha value is -2.59. The second kappa shape index (κ2) is 12.8. The van der Waals surface area contributed by atoms with Gasteiger partial charge in [-0.15, -0.1) is 0 Å². The fraction of sp³-hybridized carbons (Fsp3) is 0.417. The molecule has 0 aliphatic heterocycles. The van der Waals surface area contributed by atoms with Gasteiger partial charge in [-0.3, -0.25) is 13.9 Å². The lowest BCUT2D eigenvalue weighted by Gasteiger charge is -2.32. The van der Waals surface area contributed by atoms with Crippen molar-refractivity contribution in [2.75, 3.05) is 30.3 Å². The minimum atomic E-state index is -3.83. The van der Waals surface area contributed by atoms with Gasteiger partial charge in [0.2, 0.25) is 21.8 Å². The Morgan fingerprint density at radius 3 is 2.32 bits per heavy atom. The number of halogens is 1. The standard InChI is InChI=1S/C24H32BrN3O5S/c1-5-15-26-24(30)18(3)27(16-19-11-13-20(25)14-12-19)23(29)17-28(34(4,31)32)21-9-7-8-10-22(21)33-6-2/h7-14,18H,5-6,15-17H2,1-4H3,(H,26,30)/t18-/m0/s1. The van der Waals surface area contributed by atoms with Crippen molar-refractivity contribution in [2.24, 2.45) is 0 Å². The van der Waals surface area contributed by atoms with Crippen LogP contribution < -0.4 is 14.4 Å². The Bertz CT molecular complexity index is 1080. The van der Waals surface area contributed by atoms with Crippen molar-refractivity contribution in [2.45, 2.75) is 39.8 Å². The van der Waals surface area contributed by atoms with Gasteiger partial charge in [0.05, 0.1) is 18.6 Å². The number of para-hydroxylation sites is 2. The normalized spacial score (nSPS) is 12.0. The van der Waals surface area contributed by atoms with E-state index in [1.165, 1.54) is 4.90 Å². The largest absolute Gasteiger partial charge is 0.492 e. The lowest BCUT2D eigenvalue weighted by Crippen LogP contribution is -2.51. The van der Waals surface area contributed by atoms with Gasteiger partial charge in [0, 0.05) is 17.6 Å². The molecule has 0 radical (unpaired) electrons. The molecule has 10 heteroatoms. The van der Waals surface area contributed by atoms with Gasteiger partial charge in [0.25, 0.3) is 0 Å². The van der Waals surface area contributed by atoms with E-state index in [2.05, 4.69) is 21.2 Å². The van der Waals surface area contributed by atoms with Crippen LogP contribution in [0.2, 0.25) is 0 Å². The Balaban J connectivity index is 2.40. The van der Waals surface area contributed by atoms with E-state index in [1.807, 2.05) is 31.2 Å².